The minimum atomic E-state index is 0.671. The summed E-state index contributed by atoms with van der Waals surface area (Å²) in [5.41, 5.74) is 2.55. The van der Waals surface area contributed by atoms with Crippen LogP contribution in [0.3, 0.4) is 0 Å². The molecule has 146 valence electrons. The first-order valence-corrected chi connectivity index (χ1v) is 10.9. The highest BCUT2D eigenvalue weighted by molar-refractivity contribution is 7.99. The number of fused-ring (bicyclic) bond motifs is 2. The molecular weight excluding hydrogens is 433 g/mol. The number of anilines is 2. The van der Waals surface area contributed by atoms with E-state index < -0.39 is 0 Å². The predicted octanol–water partition coefficient (Wildman–Crippen LogP) is 7.98. The molecule has 1 heterocycles. The Bertz CT molecular complexity index is 1370. The van der Waals surface area contributed by atoms with Crippen molar-refractivity contribution in [3.05, 3.63) is 95.0 Å². The fraction of sp³-hybridized carbons (Fsp3) is 0. The van der Waals surface area contributed by atoms with Gasteiger partial charge in [-0.1, -0.05) is 71.4 Å². The van der Waals surface area contributed by atoms with Crippen LogP contribution in [0.25, 0.3) is 21.8 Å². The number of benzene rings is 4. The molecule has 0 aliphatic heterocycles. The highest BCUT2D eigenvalue weighted by Gasteiger charge is 2.13. The molecule has 6 heteroatoms. The lowest BCUT2D eigenvalue weighted by Crippen LogP contribution is -1.99. The second kappa shape index (κ2) is 8.15. The monoisotopic (exact) mass is 447 g/mol. The van der Waals surface area contributed by atoms with Crippen LogP contribution in [0.1, 0.15) is 0 Å². The molecular formula is C24H15Cl2N3S. The summed E-state index contributed by atoms with van der Waals surface area (Å²) in [5.74, 6) is 0.671. The number of hydrogen-bond acceptors (Lipinski definition) is 4. The van der Waals surface area contributed by atoms with Gasteiger partial charge in [-0.15, -0.1) is 0 Å². The van der Waals surface area contributed by atoms with Gasteiger partial charge in [-0.2, -0.15) is 0 Å². The molecule has 0 bridgehead atoms. The summed E-state index contributed by atoms with van der Waals surface area (Å²) < 4.78 is 0. The minimum Gasteiger partial charge on any atom is -0.338 e. The van der Waals surface area contributed by atoms with E-state index in [0.717, 1.165) is 37.4 Å². The zero-order chi connectivity index (χ0) is 20.5. The van der Waals surface area contributed by atoms with E-state index >= 15 is 0 Å². The zero-order valence-electron chi connectivity index (χ0n) is 15.6. The van der Waals surface area contributed by atoms with Crippen LogP contribution >= 0.6 is 35.0 Å². The van der Waals surface area contributed by atoms with E-state index in [4.69, 9.17) is 33.2 Å². The quantitative estimate of drug-likeness (QED) is 0.283. The second-order valence-corrected chi connectivity index (χ2v) is 8.60. The maximum absolute atomic E-state index is 6.40. The van der Waals surface area contributed by atoms with E-state index in [2.05, 4.69) is 29.6 Å². The van der Waals surface area contributed by atoms with E-state index in [9.17, 15) is 0 Å². The van der Waals surface area contributed by atoms with Crippen molar-refractivity contribution in [3.8, 4) is 0 Å². The molecule has 0 radical (unpaired) electrons. The molecule has 1 aromatic heterocycles. The van der Waals surface area contributed by atoms with Crippen LogP contribution < -0.4 is 5.32 Å². The summed E-state index contributed by atoms with van der Waals surface area (Å²) in [5, 5.41) is 7.76. The fourth-order valence-electron chi connectivity index (χ4n) is 3.18. The lowest BCUT2D eigenvalue weighted by Gasteiger charge is -2.13. The first kappa shape index (κ1) is 19.2. The zero-order valence-corrected chi connectivity index (χ0v) is 18.0. The van der Waals surface area contributed by atoms with Crippen molar-refractivity contribution in [1.82, 2.24) is 9.97 Å². The number of hydrogen-bond donors (Lipinski definition) is 1. The SMILES string of the molecule is Clc1ccc(Nc2nc3cc4ccccc4cc3nc2Sc2ccccc2Cl)cc1. The third kappa shape index (κ3) is 3.94. The predicted molar refractivity (Wildman–Crippen MR) is 127 cm³/mol. The number of aromatic nitrogens is 2. The molecule has 4 aromatic carbocycles. The van der Waals surface area contributed by atoms with Crippen LogP contribution in [0.2, 0.25) is 10.0 Å². The maximum Gasteiger partial charge on any atom is 0.164 e. The van der Waals surface area contributed by atoms with Crippen LogP contribution in [0.15, 0.2) is 94.9 Å². The van der Waals surface area contributed by atoms with E-state index in [1.165, 1.54) is 11.8 Å². The van der Waals surface area contributed by atoms with Crippen molar-refractivity contribution in [2.24, 2.45) is 0 Å². The van der Waals surface area contributed by atoms with Crippen LogP contribution in [0.5, 0.6) is 0 Å². The van der Waals surface area contributed by atoms with Crippen molar-refractivity contribution in [2.45, 2.75) is 9.92 Å². The Morgan fingerprint density at radius 3 is 2.03 bits per heavy atom. The first-order valence-electron chi connectivity index (χ1n) is 9.31. The number of halogens is 2. The fourth-order valence-corrected chi connectivity index (χ4v) is 4.42. The standard InChI is InChI=1S/C24H15Cl2N3S/c25-17-9-11-18(12-10-17)27-23-24(30-22-8-4-3-7-19(22)26)29-21-14-16-6-2-1-5-15(16)13-20(21)28-23/h1-14H,(H,27,28). The van der Waals surface area contributed by atoms with Crippen molar-refractivity contribution >= 4 is 68.3 Å². The summed E-state index contributed by atoms with van der Waals surface area (Å²) in [4.78, 5) is 10.8. The molecule has 0 fully saturated rings. The Morgan fingerprint density at radius 2 is 1.33 bits per heavy atom. The van der Waals surface area contributed by atoms with Crippen molar-refractivity contribution in [1.29, 1.82) is 0 Å². The molecule has 3 nitrogen and oxygen atoms in total. The first-order chi connectivity index (χ1) is 14.7. The Morgan fingerprint density at radius 1 is 0.700 bits per heavy atom. The summed E-state index contributed by atoms with van der Waals surface area (Å²) in [6.07, 6.45) is 0. The lowest BCUT2D eigenvalue weighted by molar-refractivity contribution is 1.12. The molecule has 1 N–H and O–H groups in total. The topological polar surface area (TPSA) is 37.8 Å². The number of nitrogens with one attached hydrogen (secondary N) is 1. The molecule has 0 saturated carbocycles. The van der Waals surface area contributed by atoms with Gasteiger partial charge >= 0.3 is 0 Å². The molecule has 5 aromatic rings. The Kier molecular flexibility index (Phi) is 5.21. The van der Waals surface area contributed by atoms with E-state index in [-0.39, 0.29) is 0 Å². The summed E-state index contributed by atoms with van der Waals surface area (Å²) >= 11 is 13.9. The molecule has 0 aliphatic carbocycles. The second-order valence-electron chi connectivity index (χ2n) is 6.73. The third-order valence-electron chi connectivity index (χ3n) is 4.65. The van der Waals surface area contributed by atoms with Gasteiger partial charge in [0, 0.05) is 15.6 Å². The average molecular weight is 448 g/mol. The van der Waals surface area contributed by atoms with Gasteiger partial charge in [0.25, 0.3) is 0 Å². The molecule has 0 atom stereocenters. The van der Waals surface area contributed by atoms with Gasteiger partial charge in [0.2, 0.25) is 0 Å². The third-order valence-corrected chi connectivity index (χ3v) is 6.40. The van der Waals surface area contributed by atoms with Gasteiger partial charge in [0.1, 0.15) is 5.03 Å². The molecule has 0 unspecified atom stereocenters. The lowest BCUT2D eigenvalue weighted by atomic mass is 10.1. The molecule has 30 heavy (non-hydrogen) atoms. The van der Waals surface area contributed by atoms with E-state index in [1.807, 2.05) is 60.7 Å². The van der Waals surface area contributed by atoms with E-state index in [0.29, 0.717) is 15.9 Å². The van der Waals surface area contributed by atoms with Gasteiger partial charge in [-0.3, -0.25) is 0 Å². The van der Waals surface area contributed by atoms with Gasteiger partial charge in [0.15, 0.2) is 5.82 Å². The van der Waals surface area contributed by atoms with Crippen molar-refractivity contribution in [3.63, 3.8) is 0 Å². The van der Waals surface area contributed by atoms with Crippen LogP contribution in [-0.2, 0) is 0 Å². The maximum atomic E-state index is 6.40. The van der Waals surface area contributed by atoms with Gasteiger partial charge in [0.05, 0.1) is 16.1 Å². The summed E-state index contributed by atoms with van der Waals surface area (Å²) in [6.45, 7) is 0. The largest absolute Gasteiger partial charge is 0.338 e. The number of nitrogens with zero attached hydrogens (tertiary/aromatic N) is 2. The normalized spacial score (nSPS) is 11.1. The Labute approximate surface area is 188 Å². The molecule has 0 saturated heterocycles. The van der Waals surface area contributed by atoms with Gasteiger partial charge in [-0.05, 0) is 59.3 Å². The van der Waals surface area contributed by atoms with Crippen LogP contribution in [0, 0.1) is 0 Å². The summed E-state index contributed by atoms with van der Waals surface area (Å²) in [7, 11) is 0. The Balaban J connectivity index is 1.65. The Hall–Kier alpha value is -2.79. The summed E-state index contributed by atoms with van der Waals surface area (Å²) in [6, 6.07) is 27.6. The highest BCUT2D eigenvalue weighted by Crippen LogP contribution is 2.37. The smallest absolute Gasteiger partial charge is 0.164 e. The van der Waals surface area contributed by atoms with Crippen molar-refractivity contribution < 1.29 is 0 Å². The average Bonchev–Trinajstić information content (AvgIpc) is 2.76. The number of rotatable bonds is 4. The van der Waals surface area contributed by atoms with Crippen LogP contribution in [0.4, 0.5) is 11.5 Å². The van der Waals surface area contributed by atoms with Gasteiger partial charge in [-0.25, -0.2) is 9.97 Å². The molecule has 0 spiro atoms. The van der Waals surface area contributed by atoms with Crippen molar-refractivity contribution in [2.75, 3.05) is 5.32 Å². The molecule has 5 rings (SSSR count). The highest BCUT2D eigenvalue weighted by atomic mass is 35.5. The van der Waals surface area contributed by atoms with E-state index in [1.54, 1.807) is 0 Å². The molecule has 0 aliphatic rings. The van der Waals surface area contributed by atoms with Gasteiger partial charge < -0.3 is 5.32 Å². The molecule has 0 amide bonds. The van der Waals surface area contributed by atoms with Crippen LogP contribution in [-0.4, -0.2) is 9.97 Å². The minimum absolute atomic E-state index is 0.671.